The van der Waals surface area contributed by atoms with Crippen LogP contribution in [0.2, 0.25) is 0 Å². The number of thioether (sulfide) groups is 1. The van der Waals surface area contributed by atoms with Gasteiger partial charge in [-0.2, -0.15) is 5.26 Å². The third kappa shape index (κ3) is 2.15. The number of aromatic nitrogens is 1. The highest BCUT2D eigenvalue weighted by molar-refractivity contribution is 7.99. The predicted molar refractivity (Wildman–Crippen MR) is 90.3 cm³/mol. The molecule has 0 spiro atoms. The zero-order valence-electron chi connectivity index (χ0n) is 12.1. The van der Waals surface area contributed by atoms with Crippen LogP contribution in [0.1, 0.15) is 11.1 Å². The minimum Gasteiger partial charge on any atom is -0.365 e. The summed E-state index contributed by atoms with van der Waals surface area (Å²) in [7, 11) is 0. The van der Waals surface area contributed by atoms with Crippen LogP contribution in [-0.4, -0.2) is 16.7 Å². The van der Waals surface area contributed by atoms with E-state index in [1.54, 1.807) is 0 Å². The molecule has 0 unspecified atom stereocenters. The number of anilines is 1. The Labute approximate surface area is 133 Å². The van der Waals surface area contributed by atoms with Crippen LogP contribution < -0.4 is 4.90 Å². The van der Waals surface area contributed by atoms with Gasteiger partial charge in [-0.25, -0.2) is 0 Å². The van der Waals surface area contributed by atoms with E-state index in [-0.39, 0.29) is 0 Å². The summed E-state index contributed by atoms with van der Waals surface area (Å²) in [4.78, 5) is 3.71. The Bertz CT molecular complexity index is 875. The van der Waals surface area contributed by atoms with Gasteiger partial charge in [-0.1, -0.05) is 18.2 Å². The van der Waals surface area contributed by atoms with E-state index in [4.69, 9.17) is 0 Å². The van der Waals surface area contributed by atoms with E-state index in [9.17, 15) is 5.26 Å². The maximum Gasteiger partial charge on any atom is 0.102 e. The molecule has 4 rings (SSSR count). The van der Waals surface area contributed by atoms with Gasteiger partial charge < -0.3 is 9.30 Å². The Kier molecular flexibility index (Phi) is 3.28. The van der Waals surface area contributed by atoms with Gasteiger partial charge in [-0.15, -0.1) is 11.8 Å². The van der Waals surface area contributed by atoms with Gasteiger partial charge in [0.1, 0.15) is 6.07 Å². The van der Waals surface area contributed by atoms with Crippen LogP contribution >= 0.6 is 11.8 Å². The SMILES string of the molecule is N#Cc1c(CN2CCSc3ccccc32)cn2ccccc12. The van der Waals surface area contributed by atoms with Crippen molar-refractivity contribution >= 4 is 23.0 Å². The molecule has 0 saturated carbocycles. The number of nitrogens with zero attached hydrogens (tertiary/aromatic N) is 3. The fourth-order valence-corrected chi connectivity index (χ4v) is 4.07. The van der Waals surface area contributed by atoms with Crippen LogP contribution in [0, 0.1) is 11.3 Å². The highest BCUT2D eigenvalue weighted by atomic mass is 32.2. The summed E-state index contributed by atoms with van der Waals surface area (Å²) in [5.41, 5.74) is 4.14. The lowest BCUT2D eigenvalue weighted by molar-refractivity contribution is 0.816. The molecule has 2 aromatic heterocycles. The summed E-state index contributed by atoms with van der Waals surface area (Å²) in [5.74, 6) is 1.09. The molecule has 1 aromatic carbocycles. The van der Waals surface area contributed by atoms with Gasteiger partial charge >= 0.3 is 0 Å². The van der Waals surface area contributed by atoms with Crippen molar-refractivity contribution in [2.45, 2.75) is 11.4 Å². The molecule has 0 N–H and O–H groups in total. The predicted octanol–water partition coefficient (Wildman–Crippen LogP) is 3.92. The fraction of sp³-hybridized carbons (Fsp3) is 0.167. The van der Waals surface area contributed by atoms with Gasteiger partial charge in [0.25, 0.3) is 0 Å². The van der Waals surface area contributed by atoms with Gasteiger partial charge in [-0.05, 0) is 24.3 Å². The van der Waals surface area contributed by atoms with Crippen LogP contribution in [-0.2, 0) is 6.54 Å². The number of hydrogen-bond donors (Lipinski definition) is 0. The van der Waals surface area contributed by atoms with Crippen molar-refractivity contribution in [3.05, 3.63) is 66.0 Å². The second-order valence-corrected chi connectivity index (χ2v) is 6.51. The maximum absolute atomic E-state index is 9.54. The van der Waals surface area contributed by atoms with Gasteiger partial charge in [0.15, 0.2) is 0 Å². The third-order valence-corrected chi connectivity index (χ3v) is 5.10. The lowest BCUT2D eigenvalue weighted by Gasteiger charge is -2.30. The van der Waals surface area contributed by atoms with Crippen LogP contribution in [0.3, 0.4) is 0 Å². The molecule has 0 radical (unpaired) electrons. The van der Waals surface area contributed by atoms with Gasteiger partial charge in [0.05, 0.1) is 16.8 Å². The summed E-state index contributed by atoms with van der Waals surface area (Å²) in [6.07, 6.45) is 4.08. The number of hydrogen-bond acceptors (Lipinski definition) is 3. The van der Waals surface area contributed by atoms with Crippen LogP contribution in [0.4, 0.5) is 5.69 Å². The number of nitriles is 1. The van der Waals surface area contributed by atoms with Gasteiger partial charge in [0, 0.05) is 41.7 Å². The molecule has 0 bridgehead atoms. The van der Waals surface area contributed by atoms with Crippen molar-refractivity contribution in [3.63, 3.8) is 0 Å². The number of para-hydroxylation sites is 1. The highest BCUT2D eigenvalue weighted by Crippen LogP contribution is 2.35. The van der Waals surface area contributed by atoms with E-state index >= 15 is 0 Å². The quantitative estimate of drug-likeness (QED) is 0.719. The molecule has 1 aliphatic heterocycles. The third-order valence-electron chi connectivity index (χ3n) is 4.06. The first-order chi connectivity index (χ1) is 10.9. The average molecular weight is 305 g/mol. The molecule has 1 aliphatic rings. The number of fused-ring (bicyclic) bond motifs is 2. The monoisotopic (exact) mass is 305 g/mol. The van der Waals surface area contributed by atoms with E-state index in [1.165, 1.54) is 10.6 Å². The first-order valence-electron chi connectivity index (χ1n) is 7.32. The second kappa shape index (κ2) is 5.43. The van der Waals surface area contributed by atoms with Crippen molar-refractivity contribution in [2.24, 2.45) is 0 Å². The Morgan fingerprint density at radius 2 is 2.00 bits per heavy atom. The lowest BCUT2D eigenvalue weighted by Crippen LogP contribution is -2.28. The molecule has 108 valence electrons. The van der Waals surface area contributed by atoms with E-state index in [0.717, 1.165) is 35.5 Å². The molecule has 22 heavy (non-hydrogen) atoms. The Morgan fingerprint density at radius 3 is 2.91 bits per heavy atom. The van der Waals surface area contributed by atoms with Crippen LogP contribution in [0.25, 0.3) is 5.52 Å². The Hall–Kier alpha value is -2.38. The first kappa shape index (κ1) is 13.3. The molecule has 3 aromatic rings. The molecule has 0 amide bonds. The molecular weight excluding hydrogens is 290 g/mol. The van der Waals surface area contributed by atoms with Crippen LogP contribution in [0.15, 0.2) is 59.8 Å². The number of benzene rings is 1. The standard InChI is InChI=1S/C18H15N3S/c19-11-15-14(12-20-8-4-3-5-16(15)20)13-21-9-10-22-18-7-2-1-6-17(18)21/h1-8,12H,9-10,13H2. The van der Waals surface area contributed by atoms with E-state index in [0.29, 0.717) is 0 Å². The molecule has 0 aliphatic carbocycles. The molecule has 3 nitrogen and oxygen atoms in total. The Morgan fingerprint density at radius 1 is 1.14 bits per heavy atom. The molecular formula is C18H15N3S. The van der Waals surface area contributed by atoms with Crippen molar-refractivity contribution in [1.29, 1.82) is 5.26 Å². The highest BCUT2D eigenvalue weighted by Gasteiger charge is 2.19. The smallest absolute Gasteiger partial charge is 0.102 e. The number of rotatable bonds is 2. The normalized spacial score (nSPS) is 13.9. The minimum absolute atomic E-state index is 0.780. The molecule has 0 atom stereocenters. The van der Waals surface area contributed by atoms with Crippen molar-refractivity contribution in [1.82, 2.24) is 4.40 Å². The second-order valence-electron chi connectivity index (χ2n) is 5.37. The van der Waals surface area contributed by atoms with Crippen molar-refractivity contribution in [3.8, 4) is 6.07 Å². The number of pyridine rings is 1. The van der Waals surface area contributed by atoms with Gasteiger partial charge in [0.2, 0.25) is 0 Å². The summed E-state index contributed by atoms with van der Waals surface area (Å²) in [6.45, 7) is 1.79. The van der Waals surface area contributed by atoms with E-state index in [1.807, 2.05) is 40.6 Å². The first-order valence-corrected chi connectivity index (χ1v) is 8.31. The zero-order chi connectivity index (χ0) is 14.9. The van der Waals surface area contributed by atoms with Gasteiger partial charge in [-0.3, -0.25) is 0 Å². The van der Waals surface area contributed by atoms with Crippen molar-refractivity contribution in [2.75, 3.05) is 17.2 Å². The molecule has 3 heterocycles. The summed E-state index contributed by atoms with van der Waals surface area (Å²) < 4.78 is 2.04. The minimum atomic E-state index is 0.780. The largest absolute Gasteiger partial charge is 0.365 e. The molecule has 0 saturated heterocycles. The summed E-state index contributed by atoms with van der Waals surface area (Å²) >= 11 is 1.91. The maximum atomic E-state index is 9.54. The van der Waals surface area contributed by atoms with Crippen molar-refractivity contribution < 1.29 is 0 Å². The van der Waals surface area contributed by atoms with Crippen LogP contribution in [0.5, 0.6) is 0 Å². The average Bonchev–Trinajstić information content (AvgIpc) is 2.92. The summed E-state index contributed by atoms with van der Waals surface area (Å²) in [5, 5.41) is 9.54. The molecule has 4 heteroatoms. The lowest BCUT2D eigenvalue weighted by atomic mass is 10.1. The zero-order valence-corrected chi connectivity index (χ0v) is 12.9. The molecule has 0 fully saturated rings. The van der Waals surface area contributed by atoms with E-state index in [2.05, 4.69) is 41.4 Å². The topological polar surface area (TPSA) is 31.4 Å². The summed E-state index contributed by atoms with van der Waals surface area (Å²) in [6, 6.07) is 16.9. The fourth-order valence-electron chi connectivity index (χ4n) is 3.02. The Balaban J connectivity index is 1.75. The van der Waals surface area contributed by atoms with E-state index < -0.39 is 0 Å².